The number of ether oxygens (including phenoxy) is 1. The Balaban J connectivity index is 0.00000280. The molecule has 7 heteroatoms. The highest BCUT2D eigenvalue weighted by atomic mass is 127. The summed E-state index contributed by atoms with van der Waals surface area (Å²) in [7, 11) is 2.16. The number of aliphatic imine (C=N–C) groups is 1. The molecule has 0 aromatic carbocycles. The molecule has 1 aromatic heterocycles. The third-order valence-electron chi connectivity index (χ3n) is 5.70. The molecule has 6 nitrogen and oxygen atoms in total. The van der Waals surface area contributed by atoms with Crippen LogP contribution in [0.3, 0.4) is 0 Å². The van der Waals surface area contributed by atoms with Gasteiger partial charge in [0, 0.05) is 39.2 Å². The number of halogens is 1. The molecule has 0 bridgehead atoms. The van der Waals surface area contributed by atoms with Crippen molar-refractivity contribution in [1.29, 1.82) is 0 Å². The summed E-state index contributed by atoms with van der Waals surface area (Å²) in [6, 6.07) is 4.59. The predicted molar refractivity (Wildman–Crippen MR) is 125 cm³/mol. The topological polar surface area (TPSA) is 53.2 Å². The minimum Gasteiger partial charge on any atom is -0.469 e. The Bertz CT molecular complexity index is 561. The van der Waals surface area contributed by atoms with Gasteiger partial charge in [-0.3, -0.25) is 9.89 Å². The number of guanidine groups is 1. The molecule has 0 spiro atoms. The normalized spacial score (nSPS) is 23.4. The van der Waals surface area contributed by atoms with Crippen LogP contribution in [0.2, 0.25) is 0 Å². The van der Waals surface area contributed by atoms with E-state index in [1.807, 2.05) is 12.1 Å². The zero-order valence-electron chi connectivity index (χ0n) is 17.4. The van der Waals surface area contributed by atoms with E-state index in [9.17, 15) is 0 Å². The van der Waals surface area contributed by atoms with Crippen molar-refractivity contribution in [3.63, 3.8) is 0 Å². The summed E-state index contributed by atoms with van der Waals surface area (Å²) in [5, 5.41) is 3.55. The van der Waals surface area contributed by atoms with Gasteiger partial charge in [-0.05, 0) is 57.3 Å². The van der Waals surface area contributed by atoms with Crippen LogP contribution in [-0.2, 0) is 11.2 Å². The first-order chi connectivity index (χ1) is 13.3. The van der Waals surface area contributed by atoms with Crippen molar-refractivity contribution in [2.24, 2.45) is 4.99 Å². The molecule has 1 aromatic rings. The minimum atomic E-state index is 0. The summed E-state index contributed by atoms with van der Waals surface area (Å²) in [5.74, 6) is 1.99. The number of nitrogens with one attached hydrogen (secondary N) is 1. The van der Waals surface area contributed by atoms with E-state index in [1.165, 1.54) is 32.2 Å². The highest BCUT2D eigenvalue weighted by molar-refractivity contribution is 14.0. The lowest BCUT2D eigenvalue weighted by Gasteiger charge is -2.30. The summed E-state index contributed by atoms with van der Waals surface area (Å²) in [6.07, 6.45) is 9.02. The van der Waals surface area contributed by atoms with Crippen LogP contribution in [0.5, 0.6) is 0 Å². The van der Waals surface area contributed by atoms with Crippen LogP contribution in [0.4, 0.5) is 0 Å². The van der Waals surface area contributed by atoms with Gasteiger partial charge >= 0.3 is 0 Å². The summed E-state index contributed by atoms with van der Waals surface area (Å²) < 4.78 is 11.3. The monoisotopic (exact) mass is 504 g/mol. The van der Waals surface area contributed by atoms with Crippen LogP contribution in [0.25, 0.3) is 0 Å². The van der Waals surface area contributed by atoms with Crippen LogP contribution in [-0.4, -0.2) is 74.3 Å². The SMILES string of the molecule is CCN1CCCC1CN(C)C(=NCC1CCCCO1)NCCc1ccco1.I. The second-order valence-electron chi connectivity index (χ2n) is 7.71. The standard InChI is InChI=1S/C21H36N4O2.HI/c1-3-25-13-6-8-18(25)17-24(2)21(22-12-11-19-10-7-15-26-19)23-16-20-9-4-5-14-27-20;/h7,10,15,18,20H,3-6,8-9,11-14,16-17H2,1-2H3,(H,22,23);1H. The van der Waals surface area contributed by atoms with E-state index < -0.39 is 0 Å². The molecule has 2 saturated heterocycles. The Morgan fingerprint density at radius 2 is 2.21 bits per heavy atom. The Hall–Kier alpha value is -0.800. The maximum atomic E-state index is 5.86. The van der Waals surface area contributed by atoms with Crippen molar-refractivity contribution in [1.82, 2.24) is 15.1 Å². The largest absolute Gasteiger partial charge is 0.469 e. The maximum Gasteiger partial charge on any atom is 0.193 e. The van der Waals surface area contributed by atoms with E-state index in [-0.39, 0.29) is 30.1 Å². The highest BCUT2D eigenvalue weighted by Gasteiger charge is 2.25. The van der Waals surface area contributed by atoms with Crippen molar-refractivity contribution in [2.45, 2.75) is 57.6 Å². The maximum absolute atomic E-state index is 5.86. The first-order valence-corrected chi connectivity index (χ1v) is 10.6. The fraction of sp³-hybridized carbons (Fsp3) is 0.762. The molecule has 28 heavy (non-hydrogen) atoms. The van der Waals surface area contributed by atoms with Crippen LogP contribution in [0.15, 0.2) is 27.8 Å². The lowest BCUT2D eigenvalue weighted by molar-refractivity contribution is 0.0223. The summed E-state index contributed by atoms with van der Waals surface area (Å²) in [4.78, 5) is 9.80. The van der Waals surface area contributed by atoms with E-state index in [4.69, 9.17) is 14.1 Å². The van der Waals surface area contributed by atoms with Crippen LogP contribution in [0.1, 0.15) is 44.8 Å². The van der Waals surface area contributed by atoms with Crippen molar-refractivity contribution in [2.75, 3.05) is 46.4 Å². The van der Waals surface area contributed by atoms with E-state index in [0.717, 1.165) is 57.3 Å². The number of furan rings is 1. The molecule has 160 valence electrons. The molecule has 3 heterocycles. The van der Waals surface area contributed by atoms with Crippen molar-refractivity contribution in [3.05, 3.63) is 24.2 Å². The van der Waals surface area contributed by atoms with Gasteiger partial charge in [-0.25, -0.2) is 0 Å². The lowest BCUT2D eigenvalue weighted by atomic mass is 10.1. The van der Waals surface area contributed by atoms with E-state index in [0.29, 0.717) is 6.04 Å². The van der Waals surface area contributed by atoms with Gasteiger partial charge in [0.25, 0.3) is 0 Å². The molecule has 3 rings (SSSR count). The Morgan fingerprint density at radius 3 is 2.93 bits per heavy atom. The number of hydrogen-bond acceptors (Lipinski definition) is 4. The Labute approximate surface area is 187 Å². The number of hydrogen-bond donors (Lipinski definition) is 1. The second kappa shape index (κ2) is 12.7. The summed E-state index contributed by atoms with van der Waals surface area (Å²) in [5.41, 5.74) is 0. The zero-order chi connectivity index (χ0) is 18.9. The molecule has 1 N–H and O–H groups in total. The summed E-state index contributed by atoms with van der Waals surface area (Å²) >= 11 is 0. The van der Waals surface area contributed by atoms with Gasteiger partial charge in [0.05, 0.1) is 18.9 Å². The van der Waals surface area contributed by atoms with Gasteiger partial charge in [0.2, 0.25) is 0 Å². The number of likely N-dealkylation sites (tertiary alicyclic amines) is 1. The van der Waals surface area contributed by atoms with Gasteiger partial charge in [-0.1, -0.05) is 6.92 Å². The van der Waals surface area contributed by atoms with Gasteiger partial charge in [0.15, 0.2) is 5.96 Å². The van der Waals surface area contributed by atoms with Crippen LogP contribution in [0, 0.1) is 0 Å². The molecule has 2 atom stereocenters. The van der Waals surface area contributed by atoms with Gasteiger partial charge in [-0.15, -0.1) is 24.0 Å². The third kappa shape index (κ3) is 7.22. The summed E-state index contributed by atoms with van der Waals surface area (Å²) in [6.45, 7) is 8.09. The zero-order valence-corrected chi connectivity index (χ0v) is 19.8. The Morgan fingerprint density at radius 1 is 1.32 bits per heavy atom. The quantitative estimate of drug-likeness (QED) is 0.334. The van der Waals surface area contributed by atoms with Crippen molar-refractivity contribution < 1.29 is 9.15 Å². The molecule has 0 saturated carbocycles. The first-order valence-electron chi connectivity index (χ1n) is 10.6. The second-order valence-corrected chi connectivity index (χ2v) is 7.71. The van der Waals surface area contributed by atoms with Crippen LogP contribution < -0.4 is 5.32 Å². The number of likely N-dealkylation sites (N-methyl/N-ethyl adjacent to an activating group) is 2. The predicted octanol–water partition coefficient (Wildman–Crippen LogP) is 3.37. The smallest absolute Gasteiger partial charge is 0.193 e. The van der Waals surface area contributed by atoms with E-state index >= 15 is 0 Å². The minimum absolute atomic E-state index is 0. The molecular formula is C21H37IN4O2. The van der Waals surface area contributed by atoms with Gasteiger partial charge in [-0.2, -0.15) is 0 Å². The average Bonchev–Trinajstić information content (AvgIpc) is 3.37. The average molecular weight is 504 g/mol. The molecule has 2 fully saturated rings. The van der Waals surface area contributed by atoms with Gasteiger partial charge in [0.1, 0.15) is 5.76 Å². The number of rotatable bonds is 8. The first kappa shape index (κ1) is 23.5. The number of nitrogens with zero attached hydrogens (tertiary/aromatic N) is 3. The Kier molecular flexibility index (Phi) is 10.6. The molecule has 2 unspecified atom stereocenters. The van der Waals surface area contributed by atoms with Crippen LogP contribution >= 0.6 is 24.0 Å². The molecule has 0 aliphatic carbocycles. The molecule has 2 aliphatic rings. The molecule has 0 amide bonds. The highest BCUT2D eigenvalue weighted by Crippen LogP contribution is 2.17. The lowest BCUT2D eigenvalue weighted by Crippen LogP contribution is -2.46. The van der Waals surface area contributed by atoms with Crippen molar-refractivity contribution in [3.8, 4) is 0 Å². The van der Waals surface area contributed by atoms with Crippen molar-refractivity contribution >= 4 is 29.9 Å². The fourth-order valence-corrected chi connectivity index (χ4v) is 4.12. The molecule has 0 radical (unpaired) electrons. The van der Waals surface area contributed by atoms with E-state index in [2.05, 4.69) is 29.1 Å². The van der Waals surface area contributed by atoms with Gasteiger partial charge < -0.3 is 19.4 Å². The fourth-order valence-electron chi connectivity index (χ4n) is 4.12. The molecular weight excluding hydrogens is 467 g/mol. The third-order valence-corrected chi connectivity index (χ3v) is 5.70. The van der Waals surface area contributed by atoms with E-state index in [1.54, 1.807) is 6.26 Å². The molecule has 2 aliphatic heterocycles.